The van der Waals surface area contributed by atoms with E-state index in [1.54, 1.807) is 4.68 Å². The average molecular weight is 124 g/mol. The predicted octanol–water partition coefficient (Wildman–Crippen LogP) is 0.161. The fraction of sp³-hybridized carbons (Fsp3) is 0.333. The molecule has 0 fully saturated rings. The second-order valence-electron chi connectivity index (χ2n) is 1.85. The lowest BCUT2D eigenvalue weighted by Crippen LogP contribution is -1.91. The van der Waals surface area contributed by atoms with E-state index < -0.39 is 0 Å². The summed E-state index contributed by atoms with van der Waals surface area (Å²) in [7, 11) is 1.83. The maximum Gasteiger partial charge on any atom is 0.126 e. The third-order valence-corrected chi connectivity index (χ3v) is 1.06. The molecule has 9 heavy (non-hydrogen) atoms. The van der Waals surface area contributed by atoms with Crippen molar-refractivity contribution in [3.8, 4) is 0 Å². The molecule has 0 saturated carbocycles. The van der Waals surface area contributed by atoms with E-state index in [1.165, 1.54) is 0 Å². The van der Waals surface area contributed by atoms with Crippen LogP contribution in [0.3, 0.4) is 0 Å². The van der Waals surface area contributed by atoms with Crippen LogP contribution in [-0.2, 0) is 18.3 Å². The molecule has 0 unspecified atom stereocenters. The van der Waals surface area contributed by atoms with Gasteiger partial charge < -0.3 is 4.79 Å². The van der Waals surface area contributed by atoms with Crippen LogP contribution in [0.5, 0.6) is 0 Å². The van der Waals surface area contributed by atoms with E-state index in [0.717, 1.165) is 12.0 Å². The van der Waals surface area contributed by atoms with Crippen molar-refractivity contribution >= 4 is 6.29 Å². The number of carbonyl (C=O) groups is 1. The van der Waals surface area contributed by atoms with Crippen LogP contribution < -0.4 is 0 Å². The fourth-order valence-electron chi connectivity index (χ4n) is 0.657. The molecule has 1 aromatic heterocycles. The highest BCUT2D eigenvalue weighted by atomic mass is 16.1. The zero-order chi connectivity index (χ0) is 6.69. The molecule has 3 nitrogen and oxygen atoms in total. The maximum absolute atomic E-state index is 9.93. The van der Waals surface area contributed by atoms with Gasteiger partial charge in [-0.05, 0) is 6.07 Å². The van der Waals surface area contributed by atoms with Gasteiger partial charge in [0.25, 0.3) is 0 Å². The number of aryl methyl sites for hydroxylation is 1. The fourth-order valence-corrected chi connectivity index (χ4v) is 0.657. The number of aldehydes is 1. The Kier molecular flexibility index (Phi) is 1.63. The molecule has 0 aromatic carbocycles. The van der Waals surface area contributed by atoms with Crippen molar-refractivity contribution in [3.05, 3.63) is 18.0 Å². The molecule has 0 N–H and O–H groups in total. The number of hydrogen-bond acceptors (Lipinski definition) is 2. The van der Waals surface area contributed by atoms with Gasteiger partial charge in [0.05, 0.1) is 5.69 Å². The van der Waals surface area contributed by atoms with Gasteiger partial charge in [-0.2, -0.15) is 5.10 Å². The summed E-state index contributed by atoms with van der Waals surface area (Å²) >= 11 is 0. The van der Waals surface area contributed by atoms with Gasteiger partial charge in [-0.25, -0.2) is 0 Å². The third-order valence-electron chi connectivity index (χ3n) is 1.06. The topological polar surface area (TPSA) is 34.9 Å². The normalized spacial score (nSPS) is 9.44. The summed E-state index contributed by atoms with van der Waals surface area (Å²) in [6.45, 7) is 0. The van der Waals surface area contributed by atoms with Crippen molar-refractivity contribution in [2.45, 2.75) is 6.42 Å². The predicted molar refractivity (Wildman–Crippen MR) is 33.0 cm³/mol. The second-order valence-corrected chi connectivity index (χ2v) is 1.85. The van der Waals surface area contributed by atoms with Gasteiger partial charge in [0.1, 0.15) is 6.29 Å². The molecule has 0 atom stereocenters. The first-order chi connectivity index (χ1) is 4.33. The Balaban J connectivity index is 2.72. The number of hydrogen-bond donors (Lipinski definition) is 0. The first-order valence-electron chi connectivity index (χ1n) is 2.75. The zero-order valence-corrected chi connectivity index (χ0v) is 5.24. The number of carbonyl (C=O) groups excluding carboxylic acids is 1. The van der Waals surface area contributed by atoms with Crippen molar-refractivity contribution in [2.75, 3.05) is 0 Å². The molecule has 0 aliphatic rings. The van der Waals surface area contributed by atoms with Crippen LogP contribution in [0.25, 0.3) is 0 Å². The van der Waals surface area contributed by atoms with Gasteiger partial charge in [0.15, 0.2) is 0 Å². The molecule has 1 aromatic rings. The van der Waals surface area contributed by atoms with E-state index in [9.17, 15) is 4.79 Å². The van der Waals surface area contributed by atoms with Gasteiger partial charge in [0, 0.05) is 19.7 Å². The molecular formula is C6H8N2O. The number of rotatable bonds is 2. The first kappa shape index (κ1) is 6.01. The maximum atomic E-state index is 9.93. The highest BCUT2D eigenvalue weighted by Gasteiger charge is 1.91. The van der Waals surface area contributed by atoms with Crippen LogP contribution in [-0.4, -0.2) is 16.1 Å². The lowest BCUT2D eigenvalue weighted by atomic mass is 10.3. The minimum absolute atomic E-state index is 0.418. The Morgan fingerprint density at radius 2 is 2.67 bits per heavy atom. The van der Waals surface area contributed by atoms with Gasteiger partial charge >= 0.3 is 0 Å². The Hall–Kier alpha value is -1.12. The van der Waals surface area contributed by atoms with Gasteiger partial charge in [-0.1, -0.05) is 0 Å². The molecule has 0 amide bonds. The van der Waals surface area contributed by atoms with Crippen molar-refractivity contribution in [3.63, 3.8) is 0 Å². The quantitative estimate of drug-likeness (QED) is 0.526. The second kappa shape index (κ2) is 2.44. The largest absolute Gasteiger partial charge is 0.303 e. The Bertz CT molecular complexity index is 205. The SMILES string of the molecule is Cn1ccc(CC=O)n1. The lowest BCUT2D eigenvalue weighted by molar-refractivity contribution is -0.107. The van der Waals surface area contributed by atoms with E-state index in [0.29, 0.717) is 6.42 Å². The van der Waals surface area contributed by atoms with Crippen LogP contribution >= 0.6 is 0 Å². The van der Waals surface area contributed by atoms with Crippen LogP contribution in [0.1, 0.15) is 5.69 Å². The summed E-state index contributed by atoms with van der Waals surface area (Å²) in [6, 6.07) is 1.83. The number of aromatic nitrogens is 2. The molecule has 0 bridgehead atoms. The Morgan fingerprint density at radius 1 is 1.89 bits per heavy atom. The minimum atomic E-state index is 0.418. The average Bonchev–Trinajstić information content (AvgIpc) is 2.17. The molecule has 1 heterocycles. The molecule has 0 spiro atoms. The highest BCUT2D eigenvalue weighted by Crippen LogP contribution is 1.91. The summed E-state index contributed by atoms with van der Waals surface area (Å²) in [5.74, 6) is 0. The smallest absolute Gasteiger partial charge is 0.126 e. The van der Waals surface area contributed by atoms with Crippen LogP contribution in [0.2, 0.25) is 0 Å². The monoisotopic (exact) mass is 124 g/mol. The summed E-state index contributed by atoms with van der Waals surface area (Å²) in [5.41, 5.74) is 0.826. The molecule has 0 saturated heterocycles. The third kappa shape index (κ3) is 1.38. The summed E-state index contributed by atoms with van der Waals surface area (Å²) in [4.78, 5) is 9.93. The lowest BCUT2D eigenvalue weighted by Gasteiger charge is -1.83. The minimum Gasteiger partial charge on any atom is -0.303 e. The highest BCUT2D eigenvalue weighted by molar-refractivity contribution is 5.53. The Morgan fingerprint density at radius 3 is 3.11 bits per heavy atom. The molecule has 0 aliphatic carbocycles. The van der Waals surface area contributed by atoms with E-state index >= 15 is 0 Å². The van der Waals surface area contributed by atoms with Crippen molar-refractivity contribution in [1.29, 1.82) is 0 Å². The summed E-state index contributed by atoms with van der Waals surface area (Å²) < 4.78 is 1.68. The molecule has 3 heteroatoms. The summed E-state index contributed by atoms with van der Waals surface area (Å²) in [6.07, 6.45) is 3.09. The van der Waals surface area contributed by atoms with Gasteiger partial charge in [0.2, 0.25) is 0 Å². The van der Waals surface area contributed by atoms with Crippen molar-refractivity contribution in [2.24, 2.45) is 7.05 Å². The number of nitrogens with zero attached hydrogens (tertiary/aromatic N) is 2. The molecule has 48 valence electrons. The van der Waals surface area contributed by atoms with Crippen LogP contribution in [0.15, 0.2) is 12.3 Å². The first-order valence-corrected chi connectivity index (χ1v) is 2.75. The Labute approximate surface area is 53.3 Å². The van der Waals surface area contributed by atoms with Crippen molar-refractivity contribution < 1.29 is 4.79 Å². The van der Waals surface area contributed by atoms with Crippen LogP contribution in [0, 0.1) is 0 Å². The van der Waals surface area contributed by atoms with Gasteiger partial charge in [-0.15, -0.1) is 0 Å². The molecule has 1 rings (SSSR count). The molecular weight excluding hydrogens is 116 g/mol. The zero-order valence-electron chi connectivity index (χ0n) is 5.24. The van der Waals surface area contributed by atoms with E-state index in [1.807, 2.05) is 19.3 Å². The van der Waals surface area contributed by atoms with E-state index in [4.69, 9.17) is 0 Å². The molecule has 0 radical (unpaired) electrons. The van der Waals surface area contributed by atoms with Crippen LogP contribution in [0.4, 0.5) is 0 Å². The summed E-state index contributed by atoms with van der Waals surface area (Å²) in [5, 5.41) is 3.99. The molecule has 0 aliphatic heterocycles. The van der Waals surface area contributed by atoms with E-state index in [2.05, 4.69) is 5.10 Å². The van der Waals surface area contributed by atoms with Gasteiger partial charge in [-0.3, -0.25) is 4.68 Å². The standard InChI is InChI=1S/C6H8N2O/c1-8-4-2-6(7-8)3-5-9/h2,4-5H,3H2,1H3. The van der Waals surface area contributed by atoms with Crippen molar-refractivity contribution in [1.82, 2.24) is 9.78 Å². The van der Waals surface area contributed by atoms with E-state index in [-0.39, 0.29) is 0 Å².